The van der Waals surface area contributed by atoms with Crippen molar-refractivity contribution >= 4 is 33.2 Å². The molecule has 1 aromatic heterocycles. The summed E-state index contributed by atoms with van der Waals surface area (Å²) in [6, 6.07) is 7.52. The van der Waals surface area contributed by atoms with Crippen LogP contribution in [-0.2, 0) is 15.4 Å². The van der Waals surface area contributed by atoms with Gasteiger partial charge in [-0.05, 0) is 30.5 Å². The van der Waals surface area contributed by atoms with Crippen molar-refractivity contribution < 1.29 is 8.42 Å². The summed E-state index contributed by atoms with van der Waals surface area (Å²) in [4.78, 5) is 7.98. The number of hydrogen-bond acceptors (Lipinski definition) is 6. The van der Waals surface area contributed by atoms with Gasteiger partial charge in [-0.3, -0.25) is 4.31 Å². The lowest BCUT2D eigenvalue weighted by Crippen LogP contribution is -2.30. The van der Waals surface area contributed by atoms with E-state index in [4.69, 9.17) is 5.73 Å². The Labute approximate surface area is 134 Å². The van der Waals surface area contributed by atoms with E-state index in [1.54, 1.807) is 12.3 Å². The second kappa shape index (κ2) is 4.58. The molecule has 1 aromatic carbocycles. The standard InChI is InChI=1S/C15H17N5O2S/c1-23(21,22)20-9-15(6-7-15)10-3-2-4-11(13(10)20)18-12-5-8-17-14(16)19-12/h2-5,8H,6-7,9H2,1H3,(H3,16,17,18,19). The van der Waals surface area contributed by atoms with Crippen LogP contribution in [0, 0.1) is 0 Å². The van der Waals surface area contributed by atoms with Crippen molar-refractivity contribution in [2.24, 2.45) is 0 Å². The fourth-order valence-electron chi connectivity index (χ4n) is 3.22. The number of rotatable bonds is 3. The van der Waals surface area contributed by atoms with Crippen LogP contribution in [0.5, 0.6) is 0 Å². The lowest BCUT2D eigenvalue weighted by Gasteiger charge is -2.20. The van der Waals surface area contributed by atoms with Crippen LogP contribution in [0.2, 0.25) is 0 Å². The molecular weight excluding hydrogens is 314 g/mol. The number of aromatic nitrogens is 2. The van der Waals surface area contributed by atoms with Crippen LogP contribution in [0.1, 0.15) is 18.4 Å². The van der Waals surface area contributed by atoms with Crippen LogP contribution < -0.4 is 15.4 Å². The summed E-state index contributed by atoms with van der Waals surface area (Å²) in [5.74, 6) is 0.706. The largest absolute Gasteiger partial charge is 0.368 e. The molecule has 0 amide bonds. The van der Waals surface area contributed by atoms with E-state index in [2.05, 4.69) is 15.3 Å². The van der Waals surface area contributed by atoms with Gasteiger partial charge in [-0.15, -0.1) is 0 Å². The molecule has 0 saturated heterocycles. The summed E-state index contributed by atoms with van der Waals surface area (Å²) in [5, 5.41) is 3.18. The SMILES string of the molecule is CS(=O)(=O)N1CC2(CC2)c2cccc(Nc3ccnc(N)n3)c21. The normalized spacial score (nSPS) is 18.0. The van der Waals surface area contributed by atoms with Gasteiger partial charge in [-0.1, -0.05) is 12.1 Å². The van der Waals surface area contributed by atoms with Crippen LogP contribution in [0.25, 0.3) is 0 Å². The Bertz CT molecular complexity index is 892. The van der Waals surface area contributed by atoms with Crippen molar-refractivity contribution in [1.82, 2.24) is 9.97 Å². The topological polar surface area (TPSA) is 101 Å². The number of para-hydroxylation sites is 1. The summed E-state index contributed by atoms with van der Waals surface area (Å²) < 4.78 is 25.9. The predicted octanol–water partition coefficient (Wildman–Crippen LogP) is 1.61. The molecule has 0 bridgehead atoms. The predicted molar refractivity (Wildman–Crippen MR) is 89.3 cm³/mol. The molecule has 0 atom stereocenters. The number of nitrogens with two attached hydrogens (primary N) is 1. The van der Waals surface area contributed by atoms with E-state index in [1.807, 2.05) is 18.2 Å². The Balaban J connectivity index is 1.82. The number of anilines is 4. The lowest BCUT2D eigenvalue weighted by atomic mass is 9.98. The second-order valence-corrected chi connectivity index (χ2v) is 8.08. The Hall–Kier alpha value is -2.35. The third-order valence-corrected chi connectivity index (χ3v) is 5.61. The van der Waals surface area contributed by atoms with Crippen molar-refractivity contribution in [3.8, 4) is 0 Å². The van der Waals surface area contributed by atoms with Gasteiger partial charge in [-0.2, -0.15) is 4.98 Å². The first-order valence-corrected chi connectivity index (χ1v) is 9.21. The minimum absolute atomic E-state index is 0.0131. The lowest BCUT2D eigenvalue weighted by molar-refractivity contribution is 0.594. The van der Waals surface area contributed by atoms with Crippen molar-refractivity contribution in [2.45, 2.75) is 18.3 Å². The summed E-state index contributed by atoms with van der Waals surface area (Å²) in [7, 11) is -3.33. The first-order chi connectivity index (χ1) is 10.9. The summed E-state index contributed by atoms with van der Waals surface area (Å²) in [6.07, 6.45) is 4.86. The number of nitrogens with one attached hydrogen (secondary N) is 1. The number of fused-ring (bicyclic) bond motifs is 2. The molecule has 23 heavy (non-hydrogen) atoms. The van der Waals surface area contributed by atoms with Gasteiger partial charge in [0.2, 0.25) is 16.0 Å². The third kappa shape index (κ3) is 2.29. The van der Waals surface area contributed by atoms with E-state index in [9.17, 15) is 8.42 Å². The van der Waals surface area contributed by atoms with Crippen LogP contribution in [0.3, 0.4) is 0 Å². The second-order valence-electron chi connectivity index (χ2n) is 6.18. The monoisotopic (exact) mass is 331 g/mol. The maximum atomic E-state index is 12.2. The first-order valence-electron chi connectivity index (χ1n) is 7.36. The molecule has 2 heterocycles. The molecule has 120 valence electrons. The average molecular weight is 331 g/mol. The fourth-order valence-corrected chi connectivity index (χ4v) is 4.23. The van der Waals surface area contributed by atoms with E-state index in [-0.39, 0.29) is 11.4 Å². The van der Waals surface area contributed by atoms with E-state index in [0.717, 1.165) is 29.8 Å². The number of nitrogens with zero attached hydrogens (tertiary/aromatic N) is 3. The number of hydrogen-bond donors (Lipinski definition) is 2. The Morgan fingerprint density at radius 3 is 2.74 bits per heavy atom. The molecule has 1 aliphatic carbocycles. The molecule has 1 fully saturated rings. The smallest absolute Gasteiger partial charge is 0.232 e. The average Bonchev–Trinajstić information content (AvgIpc) is 3.16. The molecule has 7 nitrogen and oxygen atoms in total. The van der Waals surface area contributed by atoms with Gasteiger partial charge >= 0.3 is 0 Å². The Morgan fingerprint density at radius 2 is 2.09 bits per heavy atom. The highest BCUT2D eigenvalue weighted by Gasteiger charge is 2.54. The van der Waals surface area contributed by atoms with Gasteiger partial charge in [0, 0.05) is 18.2 Å². The minimum Gasteiger partial charge on any atom is -0.368 e. The molecule has 8 heteroatoms. The Morgan fingerprint density at radius 1 is 1.30 bits per heavy atom. The van der Waals surface area contributed by atoms with Crippen LogP contribution >= 0.6 is 0 Å². The molecular formula is C15H17N5O2S. The highest BCUT2D eigenvalue weighted by molar-refractivity contribution is 7.92. The zero-order valence-electron chi connectivity index (χ0n) is 12.7. The molecule has 1 saturated carbocycles. The fraction of sp³-hybridized carbons (Fsp3) is 0.333. The van der Waals surface area contributed by atoms with E-state index in [0.29, 0.717) is 12.4 Å². The molecule has 1 aliphatic heterocycles. The van der Waals surface area contributed by atoms with E-state index >= 15 is 0 Å². The van der Waals surface area contributed by atoms with Crippen LogP contribution in [0.4, 0.5) is 23.1 Å². The van der Waals surface area contributed by atoms with Gasteiger partial charge in [-0.25, -0.2) is 13.4 Å². The molecule has 4 rings (SSSR count). The molecule has 0 unspecified atom stereocenters. The highest BCUT2D eigenvalue weighted by atomic mass is 32.2. The number of benzene rings is 1. The zero-order chi connectivity index (χ0) is 16.2. The van der Waals surface area contributed by atoms with E-state index < -0.39 is 10.0 Å². The first kappa shape index (κ1) is 14.3. The molecule has 2 aromatic rings. The van der Waals surface area contributed by atoms with E-state index in [1.165, 1.54) is 10.6 Å². The summed E-state index contributed by atoms with van der Waals surface area (Å²) >= 11 is 0. The van der Waals surface area contributed by atoms with Gasteiger partial charge in [0.1, 0.15) is 5.82 Å². The van der Waals surface area contributed by atoms with Crippen molar-refractivity contribution in [3.63, 3.8) is 0 Å². The summed E-state index contributed by atoms with van der Waals surface area (Å²) in [5.41, 5.74) is 8.13. The van der Waals surface area contributed by atoms with Gasteiger partial charge in [0.05, 0.1) is 17.6 Å². The number of sulfonamides is 1. The van der Waals surface area contributed by atoms with Crippen LogP contribution in [0.15, 0.2) is 30.5 Å². The van der Waals surface area contributed by atoms with Gasteiger partial charge in [0.25, 0.3) is 0 Å². The molecule has 3 N–H and O–H groups in total. The highest BCUT2D eigenvalue weighted by Crippen LogP contribution is 2.58. The molecule has 1 spiro atoms. The van der Waals surface area contributed by atoms with Crippen molar-refractivity contribution in [2.75, 3.05) is 28.2 Å². The maximum absolute atomic E-state index is 12.2. The maximum Gasteiger partial charge on any atom is 0.232 e. The summed E-state index contributed by atoms with van der Waals surface area (Å²) in [6.45, 7) is 0.520. The van der Waals surface area contributed by atoms with Gasteiger partial charge < -0.3 is 11.1 Å². The minimum atomic E-state index is -3.33. The van der Waals surface area contributed by atoms with Crippen molar-refractivity contribution in [1.29, 1.82) is 0 Å². The zero-order valence-corrected chi connectivity index (χ0v) is 13.5. The third-order valence-electron chi connectivity index (χ3n) is 4.49. The molecule has 0 radical (unpaired) electrons. The molecule has 2 aliphatic rings. The quantitative estimate of drug-likeness (QED) is 0.886. The van der Waals surface area contributed by atoms with Gasteiger partial charge in [0.15, 0.2) is 0 Å². The number of nitrogen functional groups attached to an aromatic ring is 1. The van der Waals surface area contributed by atoms with Crippen LogP contribution in [-0.4, -0.2) is 31.2 Å². The Kier molecular flexibility index (Phi) is 2.84. The van der Waals surface area contributed by atoms with Crippen molar-refractivity contribution in [3.05, 3.63) is 36.0 Å².